The average Bonchev–Trinajstić information content (AvgIpc) is 2.43. The summed E-state index contributed by atoms with van der Waals surface area (Å²) in [6, 6.07) is 5.46. The van der Waals surface area contributed by atoms with E-state index in [0.29, 0.717) is 10.8 Å². The molecule has 0 aliphatic carbocycles. The molecule has 1 heterocycles. The zero-order valence-electron chi connectivity index (χ0n) is 11.0. The zero-order chi connectivity index (χ0) is 13.8. The Morgan fingerprint density at radius 1 is 1.21 bits per heavy atom. The largest absolute Gasteiger partial charge is 0.495 e. The van der Waals surface area contributed by atoms with Gasteiger partial charge in [-0.25, -0.2) is 9.97 Å². The minimum atomic E-state index is 0.573. The van der Waals surface area contributed by atoms with Gasteiger partial charge in [-0.1, -0.05) is 11.6 Å². The van der Waals surface area contributed by atoms with Crippen LogP contribution in [0.25, 0.3) is 0 Å². The first-order valence-corrected chi connectivity index (χ1v) is 6.13. The van der Waals surface area contributed by atoms with E-state index in [1.54, 1.807) is 13.2 Å². The van der Waals surface area contributed by atoms with E-state index in [1.165, 1.54) is 6.33 Å². The Bertz CT molecular complexity index is 589. The molecule has 0 saturated carbocycles. The highest BCUT2D eigenvalue weighted by Crippen LogP contribution is 2.29. The van der Waals surface area contributed by atoms with Gasteiger partial charge in [0.05, 0.1) is 12.1 Å². The molecular weight excluding hydrogens is 264 g/mol. The molecule has 19 heavy (non-hydrogen) atoms. The van der Waals surface area contributed by atoms with E-state index in [2.05, 4.69) is 20.6 Å². The lowest BCUT2D eigenvalue weighted by Crippen LogP contribution is -2.02. The summed E-state index contributed by atoms with van der Waals surface area (Å²) in [6.07, 6.45) is 1.51. The molecule has 0 unspecified atom stereocenters. The van der Waals surface area contributed by atoms with Crippen molar-refractivity contribution < 1.29 is 4.74 Å². The molecule has 0 bridgehead atoms. The smallest absolute Gasteiger partial charge is 0.139 e. The molecule has 100 valence electrons. The number of anilines is 3. The molecule has 1 aromatic heterocycles. The molecule has 5 nitrogen and oxygen atoms in total. The number of nitrogens with one attached hydrogen (secondary N) is 2. The maximum Gasteiger partial charge on any atom is 0.139 e. The number of aromatic nitrogens is 2. The van der Waals surface area contributed by atoms with Crippen LogP contribution in [0.2, 0.25) is 5.02 Å². The fraction of sp³-hybridized carbons (Fsp3) is 0.231. The van der Waals surface area contributed by atoms with E-state index in [-0.39, 0.29) is 0 Å². The molecule has 0 saturated heterocycles. The number of ether oxygens (including phenoxy) is 1. The van der Waals surface area contributed by atoms with E-state index in [0.717, 1.165) is 22.9 Å². The summed E-state index contributed by atoms with van der Waals surface area (Å²) in [4.78, 5) is 8.36. The lowest BCUT2D eigenvalue weighted by atomic mass is 10.2. The normalized spacial score (nSPS) is 10.1. The van der Waals surface area contributed by atoms with E-state index in [1.807, 2.05) is 26.1 Å². The SMILES string of the molecule is CNc1ncnc(Nc2ccc(Cl)c(OC)c2)c1C. The summed E-state index contributed by atoms with van der Waals surface area (Å²) in [5.74, 6) is 2.15. The topological polar surface area (TPSA) is 59.1 Å². The van der Waals surface area contributed by atoms with E-state index >= 15 is 0 Å². The number of halogens is 1. The lowest BCUT2D eigenvalue weighted by Gasteiger charge is -2.12. The Kier molecular flexibility index (Phi) is 4.06. The Morgan fingerprint density at radius 2 is 1.95 bits per heavy atom. The third kappa shape index (κ3) is 2.88. The summed E-state index contributed by atoms with van der Waals surface area (Å²) in [7, 11) is 3.41. The summed E-state index contributed by atoms with van der Waals surface area (Å²) in [6.45, 7) is 1.95. The van der Waals surface area contributed by atoms with Crippen molar-refractivity contribution in [2.24, 2.45) is 0 Å². The minimum Gasteiger partial charge on any atom is -0.495 e. The monoisotopic (exact) mass is 278 g/mol. The van der Waals surface area contributed by atoms with Gasteiger partial charge in [-0.15, -0.1) is 0 Å². The van der Waals surface area contributed by atoms with Crippen LogP contribution in [-0.4, -0.2) is 24.1 Å². The van der Waals surface area contributed by atoms with Crippen LogP contribution in [0.4, 0.5) is 17.3 Å². The van der Waals surface area contributed by atoms with Gasteiger partial charge in [-0.05, 0) is 19.1 Å². The molecule has 6 heteroatoms. The van der Waals surface area contributed by atoms with Gasteiger partial charge in [0.15, 0.2) is 0 Å². The second-order valence-corrected chi connectivity index (χ2v) is 4.33. The van der Waals surface area contributed by atoms with Crippen LogP contribution in [-0.2, 0) is 0 Å². The van der Waals surface area contributed by atoms with Gasteiger partial charge in [-0.3, -0.25) is 0 Å². The van der Waals surface area contributed by atoms with Gasteiger partial charge in [0.2, 0.25) is 0 Å². The van der Waals surface area contributed by atoms with Crippen LogP contribution in [0.5, 0.6) is 5.75 Å². The fourth-order valence-corrected chi connectivity index (χ4v) is 1.90. The molecule has 2 rings (SSSR count). The number of hydrogen-bond acceptors (Lipinski definition) is 5. The van der Waals surface area contributed by atoms with Crippen LogP contribution < -0.4 is 15.4 Å². The maximum atomic E-state index is 5.99. The molecule has 0 aliphatic heterocycles. The number of hydrogen-bond donors (Lipinski definition) is 2. The van der Waals surface area contributed by atoms with Crippen molar-refractivity contribution in [2.75, 3.05) is 24.8 Å². The Balaban J connectivity index is 2.31. The predicted octanol–water partition coefficient (Wildman–Crippen LogP) is 3.23. The minimum absolute atomic E-state index is 0.573. The highest BCUT2D eigenvalue weighted by atomic mass is 35.5. The molecule has 0 aliphatic rings. The van der Waals surface area contributed by atoms with Crippen LogP contribution in [0.1, 0.15) is 5.56 Å². The third-order valence-electron chi connectivity index (χ3n) is 2.73. The summed E-state index contributed by atoms with van der Waals surface area (Å²) < 4.78 is 5.18. The van der Waals surface area contributed by atoms with Gasteiger partial charge in [0, 0.05) is 24.4 Å². The van der Waals surface area contributed by atoms with Gasteiger partial charge < -0.3 is 15.4 Å². The van der Waals surface area contributed by atoms with Gasteiger partial charge >= 0.3 is 0 Å². The number of benzene rings is 1. The second kappa shape index (κ2) is 5.75. The van der Waals surface area contributed by atoms with Crippen molar-refractivity contribution in [2.45, 2.75) is 6.92 Å². The number of rotatable bonds is 4. The number of nitrogens with zero attached hydrogens (tertiary/aromatic N) is 2. The van der Waals surface area contributed by atoms with E-state index in [4.69, 9.17) is 16.3 Å². The lowest BCUT2D eigenvalue weighted by molar-refractivity contribution is 0.415. The van der Waals surface area contributed by atoms with Crippen LogP contribution in [0.3, 0.4) is 0 Å². The highest BCUT2D eigenvalue weighted by Gasteiger charge is 2.07. The Morgan fingerprint density at radius 3 is 2.63 bits per heavy atom. The Labute approximate surface area is 117 Å². The molecule has 0 atom stereocenters. The summed E-state index contributed by atoms with van der Waals surface area (Å²) in [5, 5.41) is 6.81. The van der Waals surface area contributed by atoms with Gasteiger partial charge in [0.25, 0.3) is 0 Å². The molecule has 0 spiro atoms. The molecule has 1 aromatic carbocycles. The summed E-state index contributed by atoms with van der Waals surface area (Å²) >= 11 is 5.99. The van der Waals surface area contributed by atoms with Crippen molar-refractivity contribution in [1.29, 1.82) is 0 Å². The first-order valence-electron chi connectivity index (χ1n) is 5.75. The quantitative estimate of drug-likeness (QED) is 0.899. The van der Waals surface area contributed by atoms with Gasteiger partial charge in [-0.2, -0.15) is 0 Å². The zero-order valence-corrected chi connectivity index (χ0v) is 11.7. The molecule has 2 aromatic rings. The van der Waals surface area contributed by atoms with Crippen LogP contribution in [0, 0.1) is 6.92 Å². The standard InChI is InChI=1S/C13H15ClN4O/c1-8-12(15-2)16-7-17-13(8)18-9-4-5-10(14)11(6-9)19-3/h4-7H,1-3H3,(H2,15,16,17,18). The van der Waals surface area contributed by atoms with Crippen molar-refractivity contribution in [3.05, 3.63) is 35.1 Å². The molecular formula is C13H15ClN4O. The molecule has 0 fully saturated rings. The van der Waals surface area contributed by atoms with Crippen molar-refractivity contribution >= 4 is 28.9 Å². The van der Waals surface area contributed by atoms with Crippen molar-refractivity contribution in [3.8, 4) is 5.75 Å². The van der Waals surface area contributed by atoms with Crippen LogP contribution in [0.15, 0.2) is 24.5 Å². The maximum absolute atomic E-state index is 5.99. The molecule has 0 amide bonds. The van der Waals surface area contributed by atoms with E-state index < -0.39 is 0 Å². The van der Waals surface area contributed by atoms with E-state index in [9.17, 15) is 0 Å². The summed E-state index contributed by atoms with van der Waals surface area (Å²) in [5.41, 5.74) is 1.80. The molecule has 2 N–H and O–H groups in total. The molecule has 0 radical (unpaired) electrons. The second-order valence-electron chi connectivity index (χ2n) is 3.92. The van der Waals surface area contributed by atoms with Crippen molar-refractivity contribution in [3.63, 3.8) is 0 Å². The first kappa shape index (κ1) is 13.4. The fourth-order valence-electron chi connectivity index (χ4n) is 1.70. The third-order valence-corrected chi connectivity index (χ3v) is 3.05. The Hall–Kier alpha value is -2.01. The predicted molar refractivity (Wildman–Crippen MR) is 77.6 cm³/mol. The van der Waals surface area contributed by atoms with Gasteiger partial charge in [0.1, 0.15) is 23.7 Å². The number of methoxy groups -OCH3 is 1. The average molecular weight is 279 g/mol. The highest BCUT2D eigenvalue weighted by molar-refractivity contribution is 6.32. The van der Waals surface area contributed by atoms with Crippen molar-refractivity contribution in [1.82, 2.24) is 9.97 Å². The first-order chi connectivity index (χ1) is 9.15. The van der Waals surface area contributed by atoms with Crippen LogP contribution >= 0.6 is 11.6 Å².